The fraction of sp³-hybridized carbons (Fsp3) is 0.455. The molecule has 1 fully saturated rings. The van der Waals surface area contributed by atoms with Crippen LogP contribution in [0.4, 0.5) is 11.4 Å². The van der Waals surface area contributed by atoms with Crippen LogP contribution in [0.1, 0.15) is 12.8 Å². The molecule has 0 spiro atoms. The van der Waals surface area contributed by atoms with Gasteiger partial charge in [0.15, 0.2) is 6.35 Å². The molecule has 4 N–H and O–H groups in total. The molecule has 0 aliphatic carbocycles. The first kappa shape index (κ1) is 10.3. The molecule has 0 saturated carbocycles. The van der Waals surface area contributed by atoms with Crippen molar-refractivity contribution in [3.63, 3.8) is 0 Å². The zero-order valence-electron chi connectivity index (χ0n) is 8.69. The Balaban J connectivity index is 1.92. The second-order valence-electron chi connectivity index (χ2n) is 3.88. The fourth-order valence-electron chi connectivity index (χ4n) is 1.81. The summed E-state index contributed by atoms with van der Waals surface area (Å²) in [6, 6.07) is 7.38. The van der Waals surface area contributed by atoms with Crippen LogP contribution in [0.25, 0.3) is 0 Å². The highest BCUT2D eigenvalue weighted by molar-refractivity contribution is 5.51. The molecule has 82 valence electrons. The van der Waals surface area contributed by atoms with Gasteiger partial charge in [-0.25, -0.2) is 0 Å². The summed E-state index contributed by atoms with van der Waals surface area (Å²) in [5.41, 5.74) is 7.20. The summed E-state index contributed by atoms with van der Waals surface area (Å²) < 4.78 is 0. The zero-order valence-corrected chi connectivity index (χ0v) is 8.69. The lowest BCUT2D eigenvalue weighted by atomic mass is 10.3. The van der Waals surface area contributed by atoms with Crippen LogP contribution >= 0.6 is 0 Å². The van der Waals surface area contributed by atoms with E-state index in [1.54, 1.807) is 0 Å². The van der Waals surface area contributed by atoms with Gasteiger partial charge in [0.25, 0.3) is 0 Å². The van der Waals surface area contributed by atoms with Gasteiger partial charge in [0.2, 0.25) is 0 Å². The average Bonchev–Trinajstić information content (AvgIpc) is 2.74. The molecule has 0 bridgehead atoms. The van der Waals surface area contributed by atoms with Crippen LogP contribution in [0.15, 0.2) is 24.3 Å². The molecular weight excluding hydrogens is 190 g/mol. The first-order valence-electron chi connectivity index (χ1n) is 5.30. The Hall–Kier alpha value is -1.26. The maximum atomic E-state index is 9.86. The van der Waals surface area contributed by atoms with Crippen LogP contribution in [0.2, 0.25) is 0 Å². The summed E-state index contributed by atoms with van der Waals surface area (Å²) in [6.45, 7) is 1.92. The van der Waals surface area contributed by atoms with Gasteiger partial charge in [-0.3, -0.25) is 4.90 Å². The smallest absolute Gasteiger partial charge is 0.184 e. The van der Waals surface area contributed by atoms with Gasteiger partial charge in [0.1, 0.15) is 0 Å². The van der Waals surface area contributed by atoms with Crippen LogP contribution in [0.5, 0.6) is 0 Å². The monoisotopic (exact) mass is 207 g/mol. The second kappa shape index (κ2) is 4.51. The molecule has 0 aromatic heterocycles. The molecule has 4 heteroatoms. The van der Waals surface area contributed by atoms with Crippen molar-refractivity contribution < 1.29 is 5.11 Å². The number of benzene rings is 1. The van der Waals surface area contributed by atoms with Gasteiger partial charge in [-0.05, 0) is 37.1 Å². The number of anilines is 2. The number of likely N-dealkylation sites (tertiary alicyclic amines) is 1. The fourth-order valence-corrected chi connectivity index (χ4v) is 1.81. The van der Waals surface area contributed by atoms with E-state index in [9.17, 15) is 5.11 Å². The van der Waals surface area contributed by atoms with Crippen molar-refractivity contribution in [2.24, 2.45) is 0 Å². The van der Waals surface area contributed by atoms with Gasteiger partial charge >= 0.3 is 0 Å². The van der Waals surface area contributed by atoms with Crippen LogP contribution in [-0.4, -0.2) is 29.4 Å². The molecule has 1 heterocycles. The van der Waals surface area contributed by atoms with Crippen molar-refractivity contribution in [3.05, 3.63) is 24.3 Å². The maximum Gasteiger partial charge on any atom is 0.184 e. The Morgan fingerprint density at radius 2 is 1.80 bits per heavy atom. The van der Waals surface area contributed by atoms with Gasteiger partial charge in [0.05, 0.1) is 0 Å². The number of aliphatic hydroxyl groups is 1. The van der Waals surface area contributed by atoms with E-state index in [2.05, 4.69) is 5.32 Å². The molecule has 15 heavy (non-hydrogen) atoms. The highest BCUT2D eigenvalue weighted by Gasteiger charge is 2.18. The highest BCUT2D eigenvalue weighted by atomic mass is 16.3. The van der Waals surface area contributed by atoms with E-state index in [4.69, 9.17) is 5.73 Å². The standard InChI is InChI=1S/C11H17N3O/c12-9-3-5-10(6-4-9)13-11(15)14-7-1-2-8-14/h3-6,11,13,15H,1-2,7-8,12H2. The number of nitrogen functional groups attached to an aromatic ring is 1. The molecule has 1 aromatic carbocycles. The van der Waals surface area contributed by atoms with Crippen LogP contribution in [0, 0.1) is 0 Å². The highest BCUT2D eigenvalue weighted by Crippen LogP contribution is 2.15. The molecule has 1 aromatic rings. The molecule has 1 unspecified atom stereocenters. The largest absolute Gasteiger partial charge is 0.399 e. The summed E-state index contributed by atoms with van der Waals surface area (Å²) in [4.78, 5) is 2.02. The van der Waals surface area contributed by atoms with E-state index in [1.807, 2.05) is 29.2 Å². The predicted molar refractivity (Wildman–Crippen MR) is 61.3 cm³/mol. The van der Waals surface area contributed by atoms with E-state index < -0.39 is 6.35 Å². The average molecular weight is 207 g/mol. The van der Waals surface area contributed by atoms with Crippen molar-refractivity contribution in [1.82, 2.24) is 4.90 Å². The Kier molecular flexibility index (Phi) is 3.08. The lowest BCUT2D eigenvalue weighted by Crippen LogP contribution is -2.38. The molecule has 1 atom stereocenters. The summed E-state index contributed by atoms with van der Waals surface area (Å²) in [5.74, 6) is 0. The van der Waals surface area contributed by atoms with E-state index in [1.165, 1.54) is 12.8 Å². The topological polar surface area (TPSA) is 61.5 Å². The van der Waals surface area contributed by atoms with Crippen molar-refractivity contribution >= 4 is 11.4 Å². The summed E-state index contributed by atoms with van der Waals surface area (Å²) in [7, 11) is 0. The minimum absolute atomic E-state index is 0.587. The third-order valence-electron chi connectivity index (χ3n) is 2.69. The van der Waals surface area contributed by atoms with E-state index in [0.717, 1.165) is 24.5 Å². The number of nitrogens with two attached hydrogens (primary N) is 1. The van der Waals surface area contributed by atoms with Crippen molar-refractivity contribution in [2.75, 3.05) is 24.1 Å². The van der Waals surface area contributed by atoms with E-state index >= 15 is 0 Å². The third kappa shape index (κ3) is 2.61. The molecule has 1 aliphatic heterocycles. The normalized spacial score (nSPS) is 19.0. The number of aliphatic hydroxyl groups excluding tert-OH is 1. The van der Waals surface area contributed by atoms with Gasteiger partial charge in [0, 0.05) is 24.5 Å². The number of hydrogen-bond acceptors (Lipinski definition) is 4. The number of hydrogen-bond donors (Lipinski definition) is 3. The molecule has 1 saturated heterocycles. The minimum atomic E-state index is -0.587. The third-order valence-corrected chi connectivity index (χ3v) is 2.69. The predicted octanol–water partition coefficient (Wildman–Crippen LogP) is 1.05. The lowest BCUT2D eigenvalue weighted by molar-refractivity contribution is 0.0447. The van der Waals surface area contributed by atoms with Gasteiger partial charge in [-0.15, -0.1) is 0 Å². The van der Waals surface area contributed by atoms with Crippen molar-refractivity contribution in [3.8, 4) is 0 Å². The van der Waals surface area contributed by atoms with Gasteiger partial charge in [-0.1, -0.05) is 0 Å². The second-order valence-corrected chi connectivity index (χ2v) is 3.88. The molecule has 0 radical (unpaired) electrons. The van der Waals surface area contributed by atoms with Crippen LogP contribution < -0.4 is 11.1 Å². The minimum Gasteiger partial charge on any atom is -0.399 e. The molecular formula is C11H17N3O. The Bertz CT molecular complexity index is 306. The van der Waals surface area contributed by atoms with E-state index in [-0.39, 0.29) is 0 Å². The molecule has 4 nitrogen and oxygen atoms in total. The first-order valence-corrected chi connectivity index (χ1v) is 5.30. The maximum absolute atomic E-state index is 9.86. The lowest BCUT2D eigenvalue weighted by Gasteiger charge is -2.23. The first-order chi connectivity index (χ1) is 7.25. The van der Waals surface area contributed by atoms with Gasteiger partial charge in [-0.2, -0.15) is 0 Å². The number of nitrogens with one attached hydrogen (secondary N) is 1. The summed E-state index contributed by atoms with van der Waals surface area (Å²) in [6.07, 6.45) is 1.75. The van der Waals surface area contributed by atoms with Crippen molar-refractivity contribution in [1.29, 1.82) is 0 Å². The quantitative estimate of drug-likeness (QED) is 0.512. The van der Waals surface area contributed by atoms with Crippen LogP contribution in [-0.2, 0) is 0 Å². The SMILES string of the molecule is Nc1ccc(NC(O)N2CCCC2)cc1. The van der Waals surface area contributed by atoms with Crippen LogP contribution in [0.3, 0.4) is 0 Å². The van der Waals surface area contributed by atoms with E-state index in [0.29, 0.717) is 0 Å². The Labute approximate surface area is 89.7 Å². The Morgan fingerprint density at radius 3 is 2.40 bits per heavy atom. The van der Waals surface area contributed by atoms with Gasteiger partial charge < -0.3 is 16.2 Å². The molecule has 0 amide bonds. The number of rotatable bonds is 3. The zero-order chi connectivity index (χ0) is 10.7. The van der Waals surface area contributed by atoms with Crippen molar-refractivity contribution in [2.45, 2.75) is 19.2 Å². The summed E-state index contributed by atoms with van der Waals surface area (Å²) in [5, 5.41) is 12.9. The number of nitrogens with zero attached hydrogens (tertiary/aromatic N) is 1. The molecule has 2 rings (SSSR count). The summed E-state index contributed by atoms with van der Waals surface area (Å²) >= 11 is 0. The molecule has 1 aliphatic rings. The Morgan fingerprint density at radius 1 is 1.20 bits per heavy atom.